The summed E-state index contributed by atoms with van der Waals surface area (Å²) in [6, 6.07) is 6.48. The first-order chi connectivity index (χ1) is 16.9. The Labute approximate surface area is 199 Å². The molecule has 5 aromatic rings. The van der Waals surface area contributed by atoms with Gasteiger partial charge in [0.05, 0.1) is 19.2 Å². The van der Waals surface area contributed by atoms with Crippen LogP contribution in [0.1, 0.15) is 23.6 Å². The molecule has 4 heterocycles. The maximum absolute atomic E-state index is 13.1. The van der Waals surface area contributed by atoms with Crippen molar-refractivity contribution < 1.29 is 34.0 Å². The SMILES string of the molecule is COC(=O)C[C@@H]1c2c(cc(O)c3c(=O)cc(-c4ccc(O)c(O)c4)oc23)Oc2nc3sccn3c21. The van der Waals surface area contributed by atoms with Crippen LogP contribution in [0.15, 0.2) is 51.1 Å². The third-order valence-electron chi connectivity index (χ3n) is 5.99. The highest BCUT2D eigenvalue weighted by Crippen LogP contribution is 2.51. The molecule has 3 aromatic heterocycles. The van der Waals surface area contributed by atoms with Gasteiger partial charge in [0.1, 0.15) is 28.2 Å². The summed E-state index contributed by atoms with van der Waals surface area (Å²) >= 11 is 1.39. The third kappa shape index (κ3) is 3.12. The Morgan fingerprint density at radius 2 is 2.00 bits per heavy atom. The Morgan fingerprint density at radius 3 is 2.77 bits per heavy atom. The minimum atomic E-state index is -0.666. The molecule has 0 saturated carbocycles. The van der Waals surface area contributed by atoms with E-state index in [0.717, 1.165) is 0 Å². The number of imidazole rings is 1. The fourth-order valence-electron chi connectivity index (χ4n) is 4.41. The molecule has 0 amide bonds. The molecule has 3 N–H and O–H groups in total. The highest BCUT2D eigenvalue weighted by Gasteiger charge is 2.37. The van der Waals surface area contributed by atoms with E-state index in [0.29, 0.717) is 21.8 Å². The first-order valence-corrected chi connectivity index (χ1v) is 11.3. The third-order valence-corrected chi connectivity index (χ3v) is 6.75. The van der Waals surface area contributed by atoms with Crippen LogP contribution in [0.5, 0.6) is 28.9 Å². The number of esters is 1. The van der Waals surface area contributed by atoms with Crippen molar-refractivity contribution in [2.45, 2.75) is 12.3 Å². The van der Waals surface area contributed by atoms with Gasteiger partial charge in [0.15, 0.2) is 21.9 Å². The van der Waals surface area contributed by atoms with Gasteiger partial charge in [-0.15, -0.1) is 11.3 Å². The number of hydrogen-bond acceptors (Lipinski definition) is 10. The molecule has 0 radical (unpaired) electrons. The molecule has 0 aliphatic carbocycles. The lowest BCUT2D eigenvalue weighted by Crippen LogP contribution is -2.17. The van der Waals surface area contributed by atoms with E-state index in [1.807, 2.05) is 5.38 Å². The smallest absolute Gasteiger partial charge is 0.306 e. The summed E-state index contributed by atoms with van der Waals surface area (Å²) in [6.07, 6.45) is 1.70. The Balaban J connectivity index is 1.67. The molecule has 0 fully saturated rings. The number of phenols is 3. The second-order valence-corrected chi connectivity index (χ2v) is 8.86. The van der Waals surface area contributed by atoms with Crippen molar-refractivity contribution in [1.82, 2.24) is 9.38 Å². The number of carbonyl (C=O) groups excluding carboxylic acids is 1. The maximum atomic E-state index is 13.1. The average Bonchev–Trinajstić information content (AvgIpc) is 3.41. The highest BCUT2D eigenvalue weighted by atomic mass is 32.1. The van der Waals surface area contributed by atoms with Crippen LogP contribution in [0.3, 0.4) is 0 Å². The first-order valence-electron chi connectivity index (χ1n) is 10.4. The molecule has 1 aliphatic rings. The molecule has 1 aliphatic heterocycles. The van der Waals surface area contributed by atoms with Crippen molar-refractivity contribution in [3.05, 3.63) is 63.4 Å². The van der Waals surface area contributed by atoms with Crippen LogP contribution in [-0.4, -0.2) is 37.8 Å². The van der Waals surface area contributed by atoms with E-state index in [9.17, 15) is 24.9 Å². The van der Waals surface area contributed by atoms with Crippen molar-refractivity contribution in [3.8, 4) is 40.2 Å². The molecule has 176 valence electrons. The van der Waals surface area contributed by atoms with Crippen LogP contribution in [0.2, 0.25) is 0 Å². The number of carbonyl (C=O) groups is 1. The van der Waals surface area contributed by atoms with Crippen molar-refractivity contribution in [2.24, 2.45) is 0 Å². The number of nitrogens with zero attached hydrogens (tertiary/aromatic N) is 2. The lowest BCUT2D eigenvalue weighted by atomic mass is 9.88. The second-order valence-electron chi connectivity index (χ2n) is 7.98. The van der Waals surface area contributed by atoms with Crippen molar-refractivity contribution in [1.29, 1.82) is 0 Å². The number of benzene rings is 2. The molecule has 35 heavy (non-hydrogen) atoms. The topological polar surface area (TPSA) is 144 Å². The summed E-state index contributed by atoms with van der Waals surface area (Å²) in [4.78, 5) is 30.7. The molecule has 11 heteroatoms. The lowest BCUT2D eigenvalue weighted by Gasteiger charge is -2.26. The number of aromatic nitrogens is 2. The molecular weight excluding hydrogens is 476 g/mol. The van der Waals surface area contributed by atoms with Gasteiger partial charge in [0, 0.05) is 40.8 Å². The van der Waals surface area contributed by atoms with Gasteiger partial charge < -0.3 is 29.2 Å². The molecule has 2 aromatic carbocycles. The number of ether oxygens (including phenoxy) is 2. The number of rotatable bonds is 3. The van der Waals surface area contributed by atoms with E-state index in [4.69, 9.17) is 13.9 Å². The van der Waals surface area contributed by atoms with Gasteiger partial charge in [-0.05, 0) is 18.2 Å². The van der Waals surface area contributed by atoms with E-state index < -0.39 is 17.3 Å². The van der Waals surface area contributed by atoms with E-state index in [2.05, 4.69) is 4.98 Å². The minimum absolute atomic E-state index is 0.0276. The summed E-state index contributed by atoms with van der Waals surface area (Å²) in [5.41, 5.74) is 0.778. The summed E-state index contributed by atoms with van der Waals surface area (Å²) in [6.45, 7) is 0. The predicted octanol–water partition coefficient (Wildman–Crippen LogP) is 4.09. The van der Waals surface area contributed by atoms with Crippen molar-refractivity contribution in [3.63, 3.8) is 0 Å². The molecule has 0 spiro atoms. The zero-order chi connectivity index (χ0) is 24.4. The average molecular weight is 492 g/mol. The highest BCUT2D eigenvalue weighted by molar-refractivity contribution is 7.15. The van der Waals surface area contributed by atoms with Crippen LogP contribution in [-0.2, 0) is 9.53 Å². The van der Waals surface area contributed by atoms with Crippen LogP contribution >= 0.6 is 11.3 Å². The monoisotopic (exact) mass is 492 g/mol. The minimum Gasteiger partial charge on any atom is -0.507 e. The number of fused-ring (bicyclic) bond motifs is 6. The number of hydrogen-bond donors (Lipinski definition) is 3. The van der Waals surface area contributed by atoms with E-state index in [1.165, 1.54) is 48.8 Å². The largest absolute Gasteiger partial charge is 0.507 e. The predicted molar refractivity (Wildman–Crippen MR) is 125 cm³/mol. The molecule has 0 saturated heterocycles. The quantitative estimate of drug-likeness (QED) is 0.251. The lowest BCUT2D eigenvalue weighted by molar-refractivity contribution is -0.140. The molecular formula is C24H16N2O8S. The van der Waals surface area contributed by atoms with Gasteiger partial charge in [-0.3, -0.25) is 14.0 Å². The van der Waals surface area contributed by atoms with Crippen LogP contribution in [0.25, 0.3) is 27.3 Å². The fraction of sp³-hybridized carbons (Fsp3) is 0.125. The zero-order valence-electron chi connectivity index (χ0n) is 18.0. The standard InChI is InChI=1S/C24H16N2O8S/c1-32-18(31)7-11-19-17(34-23-21(11)26-4-5-35-24(26)25-23)9-15(30)20-14(29)8-16(33-22(19)20)10-2-3-12(27)13(28)6-10/h2-6,8-9,11,27-28,30H,7H2,1H3/t11-/m1/s1. The van der Waals surface area contributed by atoms with Gasteiger partial charge in [0.2, 0.25) is 5.88 Å². The Hall–Kier alpha value is -4.51. The Kier molecular flexibility index (Phi) is 4.51. The number of aromatic hydroxyl groups is 3. The normalized spacial score (nSPS) is 14.5. The number of methoxy groups -OCH3 is 1. The molecule has 0 unspecified atom stereocenters. The van der Waals surface area contributed by atoms with Crippen LogP contribution in [0, 0.1) is 0 Å². The van der Waals surface area contributed by atoms with Gasteiger partial charge >= 0.3 is 5.97 Å². The van der Waals surface area contributed by atoms with Crippen LogP contribution < -0.4 is 10.2 Å². The Morgan fingerprint density at radius 1 is 1.17 bits per heavy atom. The summed E-state index contributed by atoms with van der Waals surface area (Å²) in [5, 5.41) is 32.0. The fourth-order valence-corrected chi connectivity index (χ4v) is 5.12. The second kappa shape index (κ2) is 7.50. The number of phenolic OH excluding ortho intramolecular Hbond substituents is 3. The van der Waals surface area contributed by atoms with Gasteiger partial charge in [0.25, 0.3) is 0 Å². The molecule has 10 nitrogen and oxygen atoms in total. The molecule has 1 atom stereocenters. The van der Waals surface area contributed by atoms with Gasteiger partial charge in [-0.1, -0.05) is 0 Å². The van der Waals surface area contributed by atoms with E-state index in [1.54, 1.807) is 10.6 Å². The van der Waals surface area contributed by atoms with E-state index in [-0.39, 0.29) is 52.0 Å². The first kappa shape index (κ1) is 21.1. The van der Waals surface area contributed by atoms with Crippen LogP contribution in [0.4, 0.5) is 0 Å². The number of thiazole rings is 1. The molecule has 0 bridgehead atoms. The van der Waals surface area contributed by atoms with Gasteiger partial charge in [-0.2, -0.15) is 4.98 Å². The summed E-state index contributed by atoms with van der Waals surface area (Å²) in [7, 11) is 1.28. The maximum Gasteiger partial charge on any atom is 0.306 e. The summed E-state index contributed by atoms with van der Waals surface area (Å²) < 4.78 is 18.9. The van der Waals surface area contributed by atoms with Crippen molar-refractivity contribution in [2.75, 3.05) is 7.11 Å². The molecule has 6 rings (SSSR count). The zero-order valence-corrected chi connectivity index (χ0v) is 18.8. The Bertz CT molecular complexity index is 1730. The van der Waals surface area contributed by atoms with Gasteiger partial charge in [-0.25, -0.2) is 0 Å². The van der Waals surface area contributed by atoms with E-state index >= 15 is 0 Å². The summed E-state index contributed by atoms with van der Waals surface area (Å²) in [5.74, 6) is -1.68. The van der Waals surface area contributed by atoms with Crippen molar-refractivity contribution >= 4 is 33.2 Å².